The van der Waals surface area contributed by atoms with Gasteiger partial charge in [0.25, 0.3) is 0 Å². The summed E-state index contributed by atoms with van der Waals surface area (Å²) in [6.07, 6.45) is 2.09. The van der Waals surface area contributed by atoms with Crippen LogP contribution in [0.2, 0.25) is 0 Å². The van der Waals surface area contributed by atoms with Crippen molar-refractivity contribution < 1.29 is 19.8 Å². The molecule has 9 nitrogen and oxygen atoms in total. The van der Waals surface area contributed by atoms with Crippen molar-refractivity contribution in [3.63, 3.8) is 0 Å². The number of carbonyl (C=O) groups is 2. The Kier molecular flexibility index (Phi) is 5.28. The maximum absolute atomic E-state index is 12.4. The summed E-state index contributed by atoms with van der Waals surface area (Å²) in [5.41, 5.74) is 5.66. The zero-order valence-corrected chi connectivity index (χ0v) is 17.5. The van der Waals surface area contributed by atoms with Crippen LogP contribution in [0.3, 0.4) is 0 Å². The Morgan fingerprint density at radius 2 is 2.07 bits per heavy atom. The van der Waals surface area contributed by atoms with E-state index in [1.165, 1.54) is 4.90 Å². The van der Waals surface area contributed by atoms with Gasteiger partial charge in [0, 0.05) is 41.2 Å². The van der Waals surface area contributed by atoms with Crippen LogP contribution in [-0.2, 0) is 9.59 Å². The number of nitrogens with one attached hydrogen (secondary N) is 2. The molecular weight excluding hydrogens is 394 g/mol. The van der Waals surface area contributed by atoms with Crippen LogP contribution in [0.25, 0.3) is 0 Å². The van der Waals surface area contributed by atoms with Gasteiger partial charge in [-0.05, 0) is 26.2 Å². The number of carboxylic acid groups (broad SMARTS) is 1. The van der Waals surface area contributed by atoms with Crippen molar-refractivity contribution in [3.8, 4) is 0 Å². The van der Waals surface area contributed by atoms with Gasteiger partial charge in [0.05, 0.1) is 18.1 Å². The summed E-state index contributed by atoms with van der Waals surface area (Å²) in [5.74, 6) is -1.82. The number of carbonyl (C=O) groups excluding carboxylic acids is 1. The predicted octanol–water partition coefficient (Wildman–Crippen LogP) is -0.0383. The van der Waals surface area contributed by atoms with Crippen LogP contribution in [0.5, 0.6) is 0 Å². The lowest BCUT2D eigenvalue weighted by Gasteiger charge is -2.46. The second-order valence-electron chi connectivity index (χ2n) is 8.66. The average Bonchev–Trinajstić information content (AvgIpc) is 3.15. The van der Waals surface area contributed by atoms with E-state index >= 15 is 0 Å². The van der Waals surface area contributed by atoms with Crippen molar-refractivity contribution in [2.24, 2.45) is 17.6 Å². The molecule has 0 radical (unpaired) electrons. The van der Waals surface area contributed by atoms with Crippen molar-refractivity contribution in [2.75, 3.05) is 13.1 Å². The fourth-order valence-corrected chi connectivity index (χ4v) is 6.77. The third-order valence-corrected chi connectivity index (χ3v) is 8.24. The lowest BCUT2D eigenvalue weighted by atomic mass is 9.79. The number of hydrogen-bond donors (Lipinski definition) is 5. The number of aliphatic hydroxyl groups excluding tert-OH is 1. The second-order valence-corrected chi connectivity index (χ2v) is 10.0. The monoisotopic (exact) mass is 423 g/mol. The fourth-order valence-electron chi connectivity index (χ4n) is 5.10. The third-order valence-electron chi connectivity index (χ3n) is 6.70. The first-order valence-corrected chi connectivity index (χ1v) is 11.1. The molecule has 29 heavy (non-hydrogen) atoms. The number of aliphatic carboxylic acids is 1. The van der Waals surface area contributed by atoms with Gasteiger partial charge in [0.2, 0.25) is 5.91 Å². The third kappa shape index (κ3) is 3.40. The Balaban J connectivity index is 1.35. The minimum Gasteiger partial charge on any atom is -0.477 e. The predicted molar refractivity (Wildman–Crippen MR) is 109 cm³/mol. The molecule has 3 fully saturated rings. The molecule has 0 spiro atoms. The highest BCUT2D eigenvalue weighted by atomic mass is 32.2. The highest BCUT2D eigenvalue weighted by molar-refractivity contribution is 8.03. The number of rotatable bonds is 6. The molecule has 0 bridgehead atoms. The molecule has 3 heterocycles. The summed E-state index contributed by atoms with van der Waals surface area (Å²) in [6, 6.07) is 0.473. The van der Waals surface area contributed by atoms with E-state index in [4.69, 9.17) is 11.1 Å². The fraction of sp³-hybridized carbons (Fsp3) is 0.737. The molecule has 5 atom stereocenters. The molecule has 6 N–H and O–H groups in total. The number of fused-ring (bicyclic) bond motifs is 1. The van der Waals surface area contributed by atoms with E-state index in [-0.39, 0.29) is 29.5 Å². The van der Waals surface area contributed by atoms with Crippen molar-refractivity contribution >= 4 is 29.6 Å². The van der Waals surface area contributed by atoms with Crippen LogP contribution < -0.4 is 11.1 Å². The topological polar surface area (TPSA) is 143 Å². The van der Waals surface area contributed by atoms with Gasteiger partial charge >= 0.3 is 5.97 Å². The van der Waals surface area contributed by atoms with Crippen molar-refractivity contribution in [3.05, 3.63) is 10.6 Å². The Hall–Kier alpha value is -1.78. The molecule has 10 heteroatoms. The van der Waals surface area contributed by atoms with E-state index < -0.39 is 18.0 Å². The summed E-state index contributed by atoms with van der Waals surface area (Å²) in [4.78, 5) is 28.3. The minimum absolute atomic E-state index is 0.0747. The van der Waals surface area contributed by atoms with E-state index in [0.29, 0.717) is 17.3 Å². The summed E-state index contributed by atoms with van der Waals surface area (Å²) >= 11 is 1.59. The van der Waals surface area contributed by atoms with Crippen LogP contribution >= 0.6 is 11.8 Å². The molecule has 0 unspecified atom stereocenters. The Labute approximate surface area is 174 Å². The van der Waals surface area contributed by atoms with Gasteiger partial charge in [0.15, 0.2) is 5.96 Å². The number of nitrogens with zero attached hydrogens (tertiary/aromatic N) is 2. The molecule has 0 aromatic carbocycles. The van der Waals surface area contributed by atoms with Gasteiger partial charge in [-0.3, -0.25) is 10.2 Å². The normalized spacial score (nSPS) is 37.3. The number of thioether (sulfide) groups is 1. The van der Waals surface area contributed by atoms with Gasteiger partial charge in [-0.2, -0.15) is 0 Å². The number of likely N-dealkylation sites (tertiary alicyclic amines) is 1. The van der Waals surface area contributed by atoms with Crippen LogP contribution in [0.15, 0.2) is 10.6 Å². The number of guanidine groups is 1. The average molecular weight is 424 g/mol. The van der Waals surface area contributed by atoms with Crippen LogP contribution in [0.4, 0.5) is 0 Å². The van der Waals surface area contributed by atoms with Crippen LogP contribution in [0.1, 0.15) is 33.1 Å². The first kappa shape index (κ1) is 20.5. The van der Waals surface area contributed by atoms with E-state index in [9.17, 15) is 19.8 Å². The van der Waals surface area contributed by atoms with Crippen molar-refractivity contribution in [2.45, 2.75) is 62.6 Å². The molecule has 1 amide bonds. The number of hydrogen-bond acceptors (Lipinski definition) is 6. The zero-order chi connectivity index (χ0) is 21.0. The first-order valence-electron chi connectivity index (χ1n) is 10.2. The van der Waals surface area contributed by atoms with Crippen molar-refractivity contribution in [1.82, 2.24) is 15.1 Å². The molecular formula is C19H29N5O4S. The molecule has 160 valence electrons. The highest BCUT2D eigenvalue weighted by Gasteiger charge is 2.60. The summed E-state index contributed by atoms with van der Waals surface area (Å²) < 4.78 is 0. The lowest BCUT2D eigenvalue weighted by molar-refractivity contribution is -0.163. The molecule has 4 rings (SSSR count). The van der Waals surface area contributed by atoms with Crippen molar-refractivity contribution in [1.29, 1.82) is 5.41 Å². The highest BCUT2D eigenvalue weighted by Crippen LogP contribution is 2.53. The standard InChI is InChI=1S/C19H29N5O4S/c1-8-14-13(9(2)25)17(26)24(14)15(18(27)28)16(8)29-12-5-11(6-12)22-10-3-4-23(7-10)19(20)21/h8-14,22,25H,3-7H2,1-2H3,(H3,20,21)(H,27,28)/t8-,9-,10-,11-,12+,13-,14-/m1/s1. The molecule has 0 aromatic heterocycles. The number of amides is 1. The van der Waals surface area contributed by atoms with Gasteiger partial charge in [-0.25, -0.2) is 4.79 Å². The van der Waals surface area contributed by atoms with E-state index in [1.54, 1.807) is 18.7 Å². The lowest BCUT2D eigenvalue weighted by Crippen LogP contribution is -2.63. The largest absolute Gasteiger partial charge is 0.477 e. The van der Waals surface area contributed by atoms with Gasteiger partial charge in [-0.1, -0.05) is 6.92 Å². The van der Waals surface area contributed by atoms with E-state index in [1.807, 2.05) is 11.8 Å². The molecule has 1 aliphatic carbocycles. The second kappa shape index (κ2) is 7.48. The van der Waals surface area contributed by atoms with Gasteiger partial charge < -0.3 is 31.1 Å². The molecule has 0 aromatic rings. The van der Waals surface area contributed by atoms with E-state index in [2.05, 4.69) is 5.32 Å². The smallest absolute Gasteiger partial charge is 0.353 e. The maximum atomic E-state index is 12.4. The summed E-state index contributed by atoms with van der Waals surface area (Å²) in [7, 11) is 0. The number of carboxylic acids is 1. The minimum atomic E-state index is -1.07. The van der Waals surface area contributed by atoms with Gasteiger partial charge in [-0.15, -0.1) is 11.8 Å². The van der Waals surface area contributed by atoms with Crippen LogP contribution in [0, 0.1) is 17.2 Å². The molecule has 1 saturated carbocycles. The zero-order valence-electron chi connectivity index (χ0n) is 16.7. The Bertz CT molecular complexity index is 766. The number of β-lactam (4-membered cyclic amide) rings is 1. The Morgan fingerprint density at radius 1 is 1.38 bits per heavy atom. The number of aliphatic hydroxyl groups is 1. The first-order chi connectivity index (χ1) is 13.7. The number of nitrogens with two attached hydrogens (primary N) is 1. The molecule has 4 aliphatic rings. The van der Waals surface area contributed by atoms with Crippen LogP contribution in [-0.4, -0.2) is 80.4 Å². The summed E-state index contributed by atoms with van der Waals surface area (Å²) in [6.45, 7) is 5.12. The summed E-state index contributed by atoms with van der Waals surface area (Å²) in [5, 5.41) is 31.1. The molecule has 2 saturated heterocycles. The Morgan fingerprint density at radius 3 is 2.62 bits per heavy atom. The quantitative estimate of drug-likeness (QED) is 0.228. The van der Waals surface area contributed by atoms with Gasteiger partial charge in [0.1, 0.15) is 5.70 Å². The maximum Gasteiger partial charge on any atom is 0.353 e. The SMILES string of the molecule is C[C@@H](O)[C@H]1C(=O)N2C(C(=O)O)=C(S[C@H]3C[C@@H](N[C@@H]4CCN(C(=N)N)C4)C3)[C@H](C)[C@H]12. The molecule has 3 aliphatic heterocycles. The van der Waals surface area contributed by atoms with E-state index in [0.717, 1.165) is 37.3 Å².